The summed E-state index contributed by atoms with van der Waals surface area (Å²) in [6.45, 7) is -0.0265. The number of fused-ring (bicyclic) bond motifs is 1. The molecule has 1 fully saturated rings. The van der Waals surface area contributed by atoms with E-state index < -0.39 is 35.2 Å². The Morgan fingerprint density at radius 2 is 1.85 bits per heavy atom. The van der Waals surface area contributed by atoms with E-state index in [-0.39, 0.29) is 22.3 Å². The SMILES string of the molecule is O=C(COC(=O)C1CCCCC1C(=O)N1CCc2ccccc21)Nc1ccc(Cl)cc1[N+](=O)[O-]. The normalized spacial score (nSPS) is 19.3. The van der Waals surface area contributed by atoms with Gasteiger partial charge in [0.25, 0.3) is 11.6 Å². The van der Waals surface area contributed by atoms with Crippen LogP contribution in [0, 0.1) is 22.0 Å². The zero-order chi connectivity index (χ0) is 24.2. The van der Waals surface area contributed by atoms with Crippen molar-refractivity contribution in [3.8, 4) is 0 Å². The lowest BCUT2D eigenvalue weighted by atomic mass is 9.78. The molecule has 2 aromatic rings. The monoisotopic (exact) mass is 485 g/mol. The van der Waals surface area contributed by atoms with Crippen LogP contribution in [-0.4, -0.2) is 35.9 Å². The Hall–Kier alpha value is -3.46. The van der Waals surface area contributed by atoms with E-state index in [1.54, 1.807) is 4.90 Å². The van der Waals surface area contributed by atoms with Crippen LogP contribution < -0.4 is 10.2 Å². The quantitative estimate of drug-likeness (QED) is 0.373. The van der Waals surface area contributed by atoms with Crippen LogP contribution in [0.25, 0.3) is 0 Å². The third-order valence-corrected chi connectivity index (χ3v) is 6.55. The van der Waals surface area contributed by atoms with E-state index in [4.69, 9.17) is 16.3 Å². The third-order valence-electron chi connectivity index (χ3n) is 6.32. The summed E-state index contributed by atoms with van der Waals surface area (Å²) in [5.41, 5.74) is 1.58. The topological polar surface area (TPSA) is 119 Å². The third kappa shape index (κ3) is 5.04. The van der Waals surface area contributed by atoms with E-state index in [0.29, 0.717) is 19.4 Å². The maximum atomic E-state index is 13.4. The summed E-state index contributed by atoms with van der Waals surface area (Å²) >= 11 is 5.78. The Balaban J connectivity index is 1.39. The standard InChI is InChI=1S/C24H24ClN3O6/c25-16-9-10-19(21(13-16)28(32)33)26-22(29)14-34-24(31)18-7-3-2-6-17(18)23(30)27-12-11-15-5-1-4-8-20(15)27/h1,4-5,8-10,13,17-18H,2-3,6-7,11-12,14H2,(H,26,29). The fraction of sp³-hybridized carbons (Fsp3) is 0.375. The van der Waals surface area contributed by atoms with Gasteiger partial charge in [-0.1, -0.05) is 42.6 Å². The molecule has 1 aliphatic carbocycles. The Labute approximate surface area is 201 Å². The lowest BCUT2D eigenvalue weighted by Crippen LogP contribution is -2.42. The smallest absolute Gasteiger partial charge is 0.310 e. The Morgan fingerprint density at radius 3 is 2.62 bits per heavy atom. The summed E-state index contributed by atoms with van der Waals surface area (Å²) in [6, 6.07) is 11.6. The minimum absolute atomic E-state index is 0.0473. The Morgan fingerprint density at radius 1 is 1.12 bits per heavy atom. The van der Waals surface area contributed by atoms with E-state index in [2.05, 4.69) is 5.32 Å². The molecule has 2 aliphatic rings. The molecule has 1 N–H and O–H groups in total. The van der Waals surface area contributed by atoms with Gasteiger partial charge in [-0.3, -0.25) is 24.5 Å². The average molecular weight is 486 g/mol. The van der Waals surface area contributed by atoms with Gasteiger partial charge < -0.3 is 15.0 Å². The summed E-state index contributed by atoms with van der Waals surface area (Å²) < 4.78 is 5.23. The molecular weight excluding hydrogens is 462 g/mol. The zero-order valence-electron chi connectivity index (χ0n) is 18.4. The summed E-state index contributed by atoms with van der Waals surface area (Å²) in [4.78, 5) is 50.8. The number of hydrogen-bond donors (Lipinski definition) is 1. The lowest BCUT2D eigenvalue weighted by molar-refractivity contribution is -0.383. The number of benzene rings is 2. The van der Waals surface area contributed by atoms with E-state index in [1.165, 1.54) is 12.1 Å². The molecule has 1 aliphatic heterocycles. The van der Waals surface area contributed by atoms with Gasteiger partial charge in [-0.25, -0.2) is 0 Å². The molecule has 4 rings (SSSR count). The van der Waals surface area contributed by atoms with Crippen LogP contribution in [0.2, 0.25) is 5.02 Å². The molecule has 2 unspecified atom stereocenters. The summed E-state index contributed by atoms with van der Waals surface area (Å²) in [5.74, 6) is -2.55. The molecule has 0 saturated heterocycles. The fourth-order valence-electron chi connectivity index (χ4n) is 4.67. The highest BCUT2D eigenvalue weighted by Gasteiger charge is 2.40. The summed E-state index contributed by atoms with van der Waals surface area (Å²) in [5, 5.41) is 13.7. The van der Waals surface area contributed by atoms with Crippen molar-refractivity contribution in [2.45, 2.75) is 32.1 Å². The molecule has 2 amide bonds. The molecule has 0 bridgehead atoms. The number of nitrogens with one attached hydrogen (secondary N) is 1. The average Bonchev–Trinajstić information content (AvgIpc) is 3.27. The van der Waals surface area contributed by atoms with Gasteiger partial charge in [0.2, 0.25) is 5.91 Å². The van der Waals surface area contributed by atoms with Crippen LogP contribution in [0.1, 0.15) is 31.2 Å². The number of ether oxygens (including phenoxy) is 1. The molecule has 0 spiro atoms. The second-order valence-corrected chi connectivity index (χ2v) is 8.88. The largest absolute Gasteiger partial charge is 0.455 e. The highest BCUT2D eigenvalue weighted by Crippen LogP contribution is 2.36. The fourth-order valence-corrected chi connectivity index (χ4v) is 4.83. The van der Waals surface area contributed by atoms with Crippen molar-refractivity contribution in [2.75, 3.05) is 23.4 Å². The van der Waals surface area contributed by atoms with Crippen LogP contribution in [0.4, 0.5) is 17.1 Å². The highest BCUT2D eigenvalue weighted by molar-refractivity contribution is 6.31. The van der Waals surface area contributed by atoms with Crippen molar-refractivity contribution < 1.29 is 24.0 Å². The molecule has 2 aromatic carbocycles. The Bertz CT molecular complexity index is 1140. The summed E-state index contributed by atoms with van der Waals surface area (Å²) in [6.07, 6.45) is 3.51. The first-order valence-electron chi connectivity index (χ1n) is 11.1. The van der Waals surface area contributed by atoms with Crippen LogP contribution >= 0.6 is 11.6 Å². The molecule has 1 saturated carbocycles. The second-order valence-electron chi connectivity index (χ2n) is 8.44. The van der Waals surface area contributed by atoms with E-state index in [0.717, 1.165) is 36.6 Å². The molecule has 10 heteroatoms. The number of nitrogens with zero attached hydrogens (tertiary/aromatic N) is 2. The van der Waals surface area contributed by atoms with Crippen molar-refractivity contribution in [1.29, 1.82) is 0 Å². The number of halogens is 1. The maximum Gasteiger partial charge on any atom is 0.310 e. The highest BCUT2D eigenvalue weighted by atomic mass is 35.5. The van der Waals surface area contributed by atoms with Crippen molar-refractivity contribution in [3.63, 3.8) is 0 Å². The zero-order valence-corrected chi connectivity index (χ0v) is 19.1. The maximum absolute atomic E-state index is 13.4. The first kappa shape index (κ1) is 23.7. The number of carbonyl (C=O) groups is 3. The second kappa shape index (κ2) is 10.2. The van der Waals surface area contributed by atoms with Gasteiger partial charge in [0.05, 0.1) is 16.8 Å². The van der Waals surface area contributed by atoms with Crippen molar-refractivity contribution in [3.05, 3.63) is 63.2 Å². The van der Waals surface area contributed by atoms with Crippen LogP contribution in [0.3, 0.4) is 0 Å². The summed E-state index contributed by atoms with van der Waals surface area (Å²) in [7, 11) is 0. The predicted octanol–water partition coefficient (Wildman–Crippen LogP) is 4.13. The number of esters is 1. The van der Waals surface area contributed by atoms with Crippen molar-refractivity contribution in [1.82, 2.24) is 0 Å². The van der Waals surface area contributed by atoms with Gasteiger partial charge in [-0.05, 0) is 43.0 Å². The first-order chi connectivity index (χ1) is 16.3. The first-order valence-corrected chi connectivity index (χ1v) is 11.5. The van der Waals surface area contributed by atoms with Crippen molar-refractivity contribution in [2.24, 2.45) is 11.8 Å². The van der Waals surface area contributed by atoms with Gasteiger partial charge >= 0.3 is 5.97 Å². The number of hydrogen-bond acceptors (Lipinski definition) is 6. The number of amides is 2. The van der Waals surface area contributed by atoms with Crippen LogP contribution in [0.15, 0.2) is 42.5 Å². The molecule has 0 aromatic heterocycles. The predicted molar refractivity (Wildman–Crippen MR) is 126 cm³/mol. The number of anilines is 2. The van der Waals surface area contributed by atoms with Gasteiger partial charge in [0.1, 0.15) is 5.69 Å². The Kier molecular flexibility index (Phi) is 7.12. The molecule has 1 heterocycles. The van der Waals surface area contributed by atoms with Gasteiger partial charge in [-0.15, -0.1) is 0 Å². The number of nitro benzene ring substituents is 1. The van der Waals surface area contributed by atoms with Gasteiger partial charge in [0, 0.05) is 23.3 Å². The molecular formula is C24H24ClN3O6. The minimum Gasteiger partial charge on any atom is -0.455 e. The molecule has 178 valence electrons. The molecule has 0 radical (unpaired) electrons. The lowest BCUT2D eigenvalue weighted by Gasteiger charge is -2.32. The van der Waals surface area contributed by atoms with Gasteiger partial charge in [-0.2, -0.15) is 0 Å². The van der Waals surface area contributed by atoms with Gasteiger partial charge in [0.15, 0.2) is 6.61 Å². The van der Waals surface area contributed by atoms with Crippen molar-refractivity contribution >= 4 is 46.4 Å². The molecule has 9 nitrogen and oxygen atoms in total. The number of carbonyl (C=O) groups excluding carboxylic acids is 3. The number of nitro groups is 1. The van der Waals surface area contributed by atoms with Crippen LogP contribution in [0.5, 0.6) is 0 Å². The van der Waals surface area contributed by atoms with E-state index >= 15 is 0 Å². The minimum atomic E-state index is -0.717. The van der Waals surface area contributed by atoms with Crippen LogP contribution in [-0.2, 0) is 25.5 Å². The molecule has 34 heavy (non-hydrogen) atoms. The number of para-hydroxylation sites is 1. The van der Waals surface area contributed by atoms with E-state index in [9.17, 15) is 24.5 Å². The van der Waals surface area contributed by atoms with E-state index in [1.807, 2.05) is 24.3 Å². The molecule has 2 atom stereocenters. The number of rotatable bonds is 6.